The second kappa shape index (κ2) is 13.6. The summed E-state index contributed by atoms with van der Waals surface area (Å²) in [5.41, 5.74) is 11.3. The quantitative estimate of drug-likeness (QED) is 0.171. The lowest BCUT2D eigenvalue weighted by Crippen LogP contribution is -2.01. The summed E-state index contributed by atoms with van der Waals surface area (Å²) in [4.78, 5) is 15.7. The maximum atomic E-state index is 6.76. The van der Waals surface area contributed by atoms with Gasteiger partial charge in [0.05, 0.1) is 0 Å². The minimum absolute atomic E-state index is 0.603. The summed E-state index contributed by atoms with van der Waals surface area (Å²) < 4.78 is 6.76. The van der Waals surface area contributed by atoms with Crippen LogP contribution in [0, 0.1) is 0 Å². The minimum Gasteiger partial charge on any atom is -0.455 e. The first-order valence-corrected chi connectivity index (χ1v) is 19.2. The van der Waals surface area contributed by atoms with E-state index in [-0.39, 0.29) is 0 Å². The van der Waals surface area contributed by atoms with Gasteiger partial charge in [-0.3, -0.25) is 0 Å². The molecule has 0 unspecified atom stereocenters. The Hall–Kier alpha value is -7.69. The van der Waals surface area contributed by atoms with Crippen LogP contribution in [0.3, 0.4) is 0 Å². The topological polar surface area (TPSA) is 51.8 Å². The molecule has 0 saturated carbocycles. The maximum Gasteiger partial charge on any atom is 0.164 e. The van der Waals surface area contributed by atoms with Crippen LogP contribution in [0.25, 0.3) is 111 Å². The van der Waals surface area contributed by atoms with E-state index in [1.807, 2.05) is 6.07 Å². The van der Waals surface area contributed by atoms with Crippen molar-refractivity contribution in [1.82, 2.24) is 15.0 Å². The Kier molecular flexibility index (Phi) is 7.78. The zero-order valence-corrected chi connectivity index (χ0v) is 30.8. The number of fused-ring (bicyclic) bond motifs is 6. The first-order chi connectivity index (χ1) is 28.2. The number of aromatic nitrogens is 3. The van der Waals surface area contributed by atoms with Crippen molar-refractivity contribution in [3.63, 3.8) is 0 Å². The summed E-state index contributed by atoms with van der Waals surface area (Å²) in [7, 11) is 0. The number of benzene rings is 9. The molecule has 57 heavy (non-hydrogen) atoms. The molecular formula is C53H33N3O. The molecule has 0 bridgehead atoms. The van der Waals surface area contributed by atoms with Crippen LogP contribution >= 0.6 is 0 Å². The molecular weight excluding hydrogens is 695 g/mol. The molecule has 0 amide bonds. The van der Waals surface area contributed by atoms with Crippen molar-refractivity contribution >= 4 is 43.5 Å². The minimum atomic E-state index is 0.603. The Bertz CT molecular complexity index is 3280. The lowest BCUT2D eigenvalue weighted by atomic mass is 9.94. The van der Waals surface area contributed by atoms with Crippen molar-refractivity contribution < 1.29 is 4.42 Å². The molecule has 2 heterocycles. The molecule has 0 aliphatic heterocycles. The molecule has 4 nitrogen and oxygen atoms in total. The summed E-state index contributed by atoms with van der Waals surface area (Å²) >= 11 is 0. The summed E-state index contributed by atoms with van der Waals surface area (Å²) in [5, 5.41) is 6.39. The van der Waals surface area contributed by atoms with Crippen LogP contribution in [0.2, 0.25) is 0 Å². The normalized spacial score (nSPS) is 11.5. The molecule has 0 aliphatic rings. The zero-order valence-electron chi connectivity index (χ0n) is 30.8. The van der Waals surface area contributed by atoms with E-state index in [1.165, 1.54) is 16.5 Å². The largest absolute Gasteiger partial charge is 0.455 e. The third-order valence-corrected chi connectivity index (χ3v) is 10.9. The Labute approximate surface area is 329 Å². The second-order valence-electron chi connectivity index (χ2n) is 14.4. The Balaban J connectivity index is 1.14. The van der Waals surface area contributed by atoms with Gasteiger partial charge >= 0.3 is 0 Å². The fourth-order valence-corrected chi connectivity index (χ4v) is 8.10. The number of furan rings is 1. The Morgan fingerprint density at radius 1 is 0.298 bits per heavy atom. The number of hydrogen-bond donors (Lipinski definition) is 0. The van der Waals surface area contributed by atoms with E-state index in [1.54, 1.807) is 0 Å². The van der Waals surface area contributed by atoms with Gasteiger partial charge in [-0.25, -0.2) is 15.0 Å². The highest BCUT2D eigenvalue weighted by molar-refractivity contribution is 6.22. The van der Waals surface area contributed by atoms with Gasteiger partial charge in [-0.15, -0.1) is 0 Å². The van der Waals surface area contributed by atoms with Gasteiger partial charge in [0.2, 0.25) is 0 Å². The van der Waals surface area contributed by atoms with Crippen LogP contribution in [0.1, 0.15) is 0 Å². The highest BCUT2D eigenvalue weighted by Crippen LogP contribution is 2.43. The molecule has 0 spiro atoms. The molecule has 0 aliphatic carbocycles. The van der Waals surface area contributed by atoms with Crippen LogP contribution in [0.4, 0.5) is 0 Å². The second-order valence-corrected chi connectivity index (χ2v) is 14.4. The number of rotatable bonds is 6. The van der Waals surface area contributed by atoms with Crippen molar-refractivity contribution in [1.29, 1.82) is 0 Å². The van der Waals surface area contributed by atoms with Gasteiger partial charge in [0, 0.05) is 32.8 Å². The molecule has 0 atom stereocenters. The average molecular weight is 728 g/mol. The molecule has 9 aromatic carbocycles. The van der Waals surface area contributed by atoms with E-state index < -0.39 is 0 Å². The van der Waals surface area contributed by atoms with Crippen molar-refractivity contribution in [3.8, 4) is 67.5 Å². The standard InChI is InChI=1S/C53H33N3O/c1-3-13-34(14-4-1)37-25-28-38(29-26-37)51-54-52(42-30-27-36-17-7-8-18-39(36)32-42)56-53(55-51)46-33-47-49-43(41-20-11-19-40(31-41)35-15-5-2-6-16-35)23-12-24-48(49)57-50(47)45-22-10-9-21-44(45)46/h1-33H. The highest BCUT2D eigenvalue weighted by atomic mass is 16.3. The van der Waals surface area contributed by atoms with E-state index in [4.69, 9.17) is 19.4 Å². The molecule has 11 aromatic rings. The van der Waals surface area contributed by atoms with Gasteiger partial charge in [0.25, 0.3) is 0 Å². The first kappa shape index (κ1) is 32.7. The average Bonchev–Trinajstić information content (AvgIpc) is 3.68. The van der Waals surface area contributed by atoms with Crippen molar-refractivity contribution in [2.45, 2.75) is 0 Å². The lowest BCUT2D eigenvalue weighted by molar-refractivity contribution is 0.673. The van der Waals surface area contributed by atoms with Gasteiger partial charge in [0.1, 0.15) is 11.2 Å². The molecule has 0 radical (unpaired) electrons. The zero-order chi connectivity index (χ0) is 37.7. The summed E-state index contributed by atoms with van der Waals surface area (Å²) in [6.07, 6.45) is 0. The predicted molar refractivity (Wildman–Crippen MR) is 235 cm³/mol. The van der Waals surface area contributed by atoms with Gasteiger partial charge in [-0.05, 0) is 73.8 Å². The van der Waals surface area contributed by atoms with Gasteiger partial charge in [-0.1, -0.05) is 176 Å². The molecule has 4 heteroatoms. The summed E-state index contributed by atoms with van der Waals surface area (Å²) in [5.74, 6) is 1.83. The smallest absolute Gasteiger partial charge is 0.164 e. The number of nitrogens with zero attached hydrogens (tertiary/aromatic N) is 3. The molecule has 0 N–H and O–H groups in total. The van der Waals surface area contributed by atoms with Crippen LogP contribution in [0.5, 0.6) is 0 Å². The molecule has 11 rings (SSSR count). The lowest BCUT2D eigenvalue weighted by Gasteiger charge is -2.12. The van der Waals surface area contributed by atoms with Crippen molar-refractivity contribution in [2.75, 3.05) is 0 Å². The van der Waals surface area contributed by atoms with Gasteiger partial charge in [0.15, 0.2) is 17.5 Å². The fourth-order valence-electron chi connectivity index (χ4n) is 8.10. The third kappa shape index (κ3) is 5.83. The van der Waals surface area contributed by atoms with E-state index in [9.17, 15) is 0 Å². The third-order valence-electron chi connectivity index (χ3n) is 10.9. The molecule has 0 saturated heterocycles. The van der Waals surface area contributed by atoms with Crippen LogP contribution in [0.15, 0.2) is 205 Å². The SMILES string of the molecule is c1ccc(-c2ccc(-c3nc(-c4ccc5ccccc5c4)nc(-c4cc5c(oc6cccc(-c7cccc(-c8ccccc8)c7)c65)c5ccccc45)n3)cc2)cc1. The monoisotopic (exact) mass is 727 g/mol. The van der Waals surface area contributed by atoms with E-state index >= 15 is 0 Å². The maximum absolute atomic E-state index is 6.76. The summed E-state index contributed by atoms with van der Waals surface area (Å²) in [6.45, 7) is 0. The Morgan fingerprint density at radius 2 is 0.860 bits per heavy atom. The van der Waals surface area contributed by atoms with Crippen molar-refractivity contribution in [2.24, 2.45) is 0 Å². The van der Waals surface area contributed by atoms with Crippen molar-refractivity contribution in [3.05, 3.63) is 200 Å². The molecule has 2 aromatic heterocycles. The van der Waals surface area contributed by atoms with Crippen LogP contribution in [-0.4, -0.2) is 15.0 Å². The first-order valence-electron chi connectivity index (χ1n) is 19.2. The Morgan fingerprint density at radius 3 is 1.65 bits per heavy atom. The highest BCUT2D eigenvalue weighted by Gasteiger charge is 2.21. The number of hydrogen-bond acceptors (Lipinski definition) is 4. The molecule has 0 fully saturated rings. The van der Waals surface area contributed by atoms with E-state index in [0.717, 1.165) is 77.0 Å². The van der Waals surface area contributed by atoms with Crippen LogP contribution in [-0.2, 0) is 0 Å². The van der Waals surface area contributed by atoms with Crippen LogP contribution < -0.4 is 0 Å². The summed E-state index contributed by atoms with van der Waals surface area (Å²) in [6, 6.07) is 69.9. The van der Waals surface area contributed by atoms with E-state index in [2.05, 4.69) is 194 Å². The van der Waals surface area contributed by atoms with Gasteiger partial charge in [-0.2, -0.15) is 0 Å². The molecule has 266 valence electrons. The predicted octanol–water partition coefficient (Wildman–Crippen LogP) is 14.1. The van der Waals surface area contributed by atoms with Gasteiger partial charge < -0.3 is 4.42 Å². The van der Waals surface area contributed by atoms with E-state index in [0.29, 0.717) is 17.5 Å². The fraction of sp³-hybridized carbons (Fsp3) is 0.